The maximum Gasteiger partial charge on any atom is 0.259 e. The van der Waals surface area contributed by atoms with Crippen LogP contribution in [0.2, 0.25) is 0 Å². The Labute approximate surface area is 176 Å². The van der Waals surface area contributed by atoms with Crippen LogP contribution in [-0.4, -0.2) is 28.4 Å². The summed E-state index contributed by atoms with van der Waals surface area (Å²) in [4.78, 5) is 27.2. The summed E-state index contributed by atoms with van der Waals surface area (Å²) in [6.45, 7) is -0.217. The Morgan fingerprint density at radius 2 is 1.74 bits per heavy atom. The van der Waals surface area contributed by atoms with E-state index in [9.17, 15) is 23.5 Å². The van der Waals surface area contributed by atoms with E-state index >= 15 is 0 Å². The Bertz CT molecular complexity index is 1150. The standard InChI is InChI=1S/C23H18F2N2O4/c24-14-10-16-18(12-31-21(16)17(25)11-14)27(23(30)15-8-4-5-9-19(15)28)20(22(26)29)13-6-2-1-3-7-13/h1-11,18,20,28H,12H2,(H2,26,29)/t18-,20-/m1/s1. The molecule has 0 aliphatic carbocycles. The number of hydrogen-bond donors (Lipinski definition) is 2. The van der Waals surface area contributed by atoms with Crippen LogP contribution in [-0.2, 0) is 4.79 Å². The molecule has 0 saturated heterocycles. The average Bonchev–Trinajstić information content (AvgIpc) is 3.16. The SMILES string of the molecule is NC(=O)[C@@H](c1ccccc1)N(C(=O)c1ccccc1O)[C@@H]1COc2c(F)cc(F)cc21. The number of nitrogens with two attached hydrogens (primary N) is 1. The number of phenols is 1. The predicted molar refractivity (Wildman–Crippen MR) is 107 cm³/mol. The third-order valence-corrected chi connectivity index (χ3v) is 5.15. The van der Waals surface area contributed by atoms with Crippen molar-refractivity contribution in [2.45, 2.75) is 12.1 Å². The highest BCUT2D eigenvalue weighted by Gasteiger charge is 2.42. The van der Waals surface area contributed by atoms with Crippen LogP contribution in [0, 0.1) is 11.6 Å². The van der Waals surface area contributed by atoms with Gasteiger partial charge in [0.1, 0.15) is 24.2 Å². The summed E-state index contributed by atoms with van der Waals surface area (Å²) in [6, 6.07) is 13.5. The van der Waals surface area contributed by atoms with Crippen LogP contribution in [0.15, 0.2) is 66.7 Å². The fourth-order valence-electron chi connectivity index (χ4n) is 3.79. The molecule has 3 aromatic rings. The minimum absolute atomic E-state index is 0.0726. The van der Waals surface area contributed by atoms with Gasteiger partial charge in [-0.05, 0) is 23.8 Å². The van der Waals surface area contributed by atoms with E-state index in [0.717, 1.165) is 11.0 Å². The van der Waals surface area contributed by atoms with Crippen molar-refractivity contribution in [1.82, 2.24) is 4.90 Å². The molecule has 0 bridgehead atoms. The number of hydrogen-bond acceptors (Lipinski definition) is 4. The summed E-state index contributed by atoms with van der Waals surface area (Å²) >= 11 is 0. The van der Waals surface area contributed by atoms with Crippen molar-refractivity contribution >= 4 is 11.8 Å². The number of rotatable bonds is 5. The lowest BCUT2D eigenvalue weighted by Crippen LogP contribution is -2.44. The molecular formula is C23H18F2N2O4. The monoisotopic (exact) mass is 424 g/mol. The van der Waals surface area contributed by atoms with E-state index in [1.165, 1.54) is 18.2 Å². The van der Waals surface area contributed by atoms with Gasteiger partial charge in [0.05, 0.1) is 11.6 Å². The summed E-state index contributed by atoms with van der Waals surface area (Å²) in [6.07, 6.45) is 0. The first kappa shape index (κ1) is 20.3. The topological polar surface area (TPSA) is 92.9 Å². The number of phenolic OH excluding ortho intramolecular Hbond substituents is 1. The maximum atomic E-state index is 14.3. The van der Waals surface area contributed by atoms with Crippen LogP contribution in [0.1, 0.15) is 33.6 Å². The van der Waals surface area contributed by atoms with E-state index in [1.54, 1.807) is 36.4 Å². The average molecular weight is 424 g/mol. The quantitative estimate of drug-likeness (QED) is 0.656. The number of carbonyl (C=O) groups is 2. The Morgan fingerprint density at radius 3 is 2.42 bits per heavy atom. The molecule has 3 aromatic carbocycles. The number of primary amides is 1. The van der Waals surface area contributed by atoms with Gasteiger partial charge in [-0.15, -0.1) is 0 Å². The number of carbonyl (C=O) groups excluding carboxylic acids is 2. The van der Waals surface area contributed by atoms with Gasteiger partial charge in [0, 0.05) is 11.6 Å². The molecule has 1 aliphatic rings. The zero-order chi connectivity index (χ0) is 22.1. The first-order valence-corrected chi connectivity index (χ1v) is 9.45. The van der Waals surface area contributed by atoms with Crippen molar-refractivity contribution in [3.05, 3.63) is 95.1 Å². The van der Waals surface area contributed by atoms with Gasteiger partial charge >= 0.3 is 0 Å². The highest BCUT2D eigenvalue weighted by Crippen LogP contribution is 2.43. The largest absolute Gasteiger partial charge is 0.507 e. The normalized spacial score (nSPS) is 15.6. The minimum Gasteiger partial charge on any atom is -0.507 e. The fraction of sp³-hybridized carbons (Fsp3) is 0.130. The molecule has 4 rings (SSSR count). The first-order chi connectivity index (χ1) is 14.9. The Balaban J connectivity index is 1.90. The van der Waals surface area contributed by atoms with Gasteiger partial charge in [-0.2, -0.15) is 0 Å². The van der Waals surface area contributed by atoms with Gasteiger partial charge in [0.15, 0.2) is 11.6 Å². The van der Waals surface area contributed by atoms with Gasteiger partial charge in [-0.3, -0.25) is 9.59 Å². The summed E-state index contributed by atoms with van der Waals surface area (Å²) in [5.74, 6) is -3.85. The number of aromatic hydroxyl groups is 1. The molecule has 8 heteroatoms. The minimum atomic E-state index is -1.28. The van der Waals surface area contributed by atoms with Crippen LogP contribution in [0.5, 0.6) is 11.5 Å². The van der Waals surface area contributed by atoms with E-state index in [0.29, 0.717) is 11.6 Å². The number of benzene rings is 3. The van der Waals surface area contributed by atoms with Crippen LogP contribution < -0.4 is 10.5 Å². The van der Waals surface area contributed by atoms with Crippen LogP contribution in [0.25, 0.3) is 0 Å². The first-order valence-electron chi connectivity index (χ1n) is 9.45. The Kier molecular flexibility index (Phi) is 5.29. The highest BCUT2D eigenvalue weighted by atomic mass is 19.1. The van der Waals surface area contributed by atoms with Gasteiger partial charge < -0.3 is 20.5 Å². The molecular weight excluding hydrogens is 406 g/mol. The van der Waals surface area contributed by atoms with Crippen molar-refractivity contribution in [2.24, 2.45) is 5.73 Å². The van der Waals surface area contributed by atoms with Crippen LogP contribution in [0.4, 0.5) is 8.78 Å². The lowest BCUT2D eigenvalue weighted by atomic mass is 9.97. The lowest BCUT2D eigenvalue weighted by molar-refractivity contribution is -0.123. The highest BCUT2D eigenvalue weighted by molar-refractivity contribution is 6.00. The summed E-state index contributed by atoms with van der Waals surface area (Å²) in [5, 5.41) is 10.2. The Hall–Kier alpha value is -3.94. The molecule has 6 nitrogen and oxygen atoms in total. The van der Waals surface area contributed by atoms with E-state index in [1.807, 2.05) is 0 Å². The molecule has 31 heavy (non-hydrogen) atoms. The summed E-state index contributed by atoms with van der Waals surface area (Å²) < 4.78 is 33.7. The van der Waals surface area contributed by atoms with Crippen molar-refractivity contribution in [2.75, 3.05) is 6.61 Å². The number of fused-ring (bicyclic) bond motifs is 1. The molecule has 0 aromatic heterocycles. The summed E-state index contributed by atoms with van der Waals surface area (Å²) in [5.41, 5.74) is 6.08. The number of amides is 2. The van der Waals surface area contributed by atoms with Crippen molar-refractivity contribution < 1.29 is 28.2 Å². The molecule has 158 valence electrons. The molecule has 0 fully saturated rings. The molecule has 0 spiro atoms. The molecule has 1 aliphatic heterocycles. The van der Waals surface area contributed by atoms with Gasteiger partial charge in [-0.25, -0.2) is 8.78 Å². The smallest absolute Gasteiger partial charge is 0.259 e. The second-order valence-corrected chi connectivity index (χ2v) is 7.08. The zero-order valence-corrected chi connectivity index (χ0v) is 16.2. The molecule has 2 atom stereocenters. The van der Waals surface area contributed by atoms with Crippen LogP contribution in [0.3, 0.4) is 0 Å². The second-order valence-electron chi connectivity index (χ2n) is 7.08. The molecule has 1 heterocycles. The van der Waals surface area contributed by atoms with Crippen LogP contribution >= 0.6 is 0 Å². The predicted octanol–water partition coefficient (Wildman–Crippen LogP) is 3.47. The van der Waals surface area contributed by atoms with Gasteiger partial charge in [-0.1, -0.05) is 42.5 Å². The third kappa shape index (κ3) is 3.68. The van der Waals surface area contributed by atoms with E-state index in [2.05, 4.69) is 0 Å². The lowest BCUT2D eigenvalue weighted by Gasteiger charge is -2.34. The van der Waals surface area contributed by atoms with E-state index < -0.39 is 35.5 Å². The second kappa shape index (κ2) is 8.06. The number of para-hydroxylation sites is 1. The molecule has 0 unspecified atom stereocenters. The van der Waals surface area contributed by atoms with Crippen molar-refractivity contribution in [1.29, 1.82) is 0 Å². The Morgan fingerprint density at radius 1 is 1.06 bits per heavy atom. The number of nitrogens with zero attached hydrogens (tertiary/aromatic N) is 1. The maximum absolute atomic E-state index is 14.3. The van der Waals surface area contributed by atoms with E-state index in [-0.39, 0.29) is 29.2 Å². The fourth-order valence-corrected chi connectivity index (χ4v) is 3.79. The summed E-state index contributed by atoms with van der Waals surface area (Å²) in [7, 11) is 0. The van der Waals surface area contributed by atoms with E-state index in [4.69, 9.17) is 10.5 Å². The number of ether oxygens (including phenoxy) is 1. The molecule has 0 radical (unpaired) electrons. The third-order valence-electron chi connectivity index (χ3n) is 5.15. The van der Waals surface area contributed by atoms with Gasteiger partial charge in [0.25, 0.3) is 5.91 Å². The number of halogens is 2. The molecule has 2 amide bonds. The molecule has 0 saturated carbocycles. The van der Waals surface area contributed by atoms with Gasteiger partial charge in [0.2, 0.25) is 5.91 Å². The van der Waals surface area contributed by atoms with Crippen molar-refractivity contribution in [3.8, 4) is 11.5 Å². The molecule has 3 N–H and O–H groups in total. The van der Waals surface area contributed by atoms with Crippen molar-refractivity contribution in [3.63, 3.8) is 0 Å². The zero-order valence-electron chi connectivity index (χ0n) is 16.2.